The SMILES string of the molecule is OCCC1CCc2cccc(SCl)c2O1. The van der Waals surface area contributed by atoms with Crippen LogP contribution in [0.1, 0.15) is 18.4 Å². The van der Waals surface area contributed by atoms with Crippen molar-refractivity contribution in [2.45, 2.75) is 30.3 Å². The zero-order valence-electron chi connectivity index (χ0n) is 8.28. The van der Waals surface area contributed by atoms with E-state index in [1.807, 2.05) is 12.1 Å². The van der Waals surface area contributed by atoms with Gasteiger partial charge in [0.25, 0.3) is 0 Å². The predicted molar refractivity (Wildman–Crippen MR) is 62.6 cm³/mol. The van der Waals surface area contributed by atoms with Crippen molar-refractivity contribution < 1.29 is 9.84 Å². The van der Waals surface area contributed by atoms with Crippen molar-refractivity contribution in [3.63, 3.8) is 0 Å². The fourth-order valence-corrected chi connectivity index (χ4v) is 2.59. The summed E-state index contributed by atoms with van der Waals surface area (Å²) in [4.78, 5) is 0.969. The smallest absolute Gasteiger partial charge is 0.137 e. The molecule has 0 radical (unpaired) electrons. The lowest BCUT2D eigenvalue weighted by Gasteiger charge is -2.26. The lowest BCUT2D eigenvalue weighted by atomic mass is 10.0. The third-order valence-electron chi connectivity index (χ3n) is 2.61. The standard InChI is InChI=1S/C11H13ClO2S/c12-15-10-3-1-2-8-4-5-9(6-7-13)14-11(8)10/h1-3,9,13H,4-7H2. The second-order valence-corrected chi connectivity index (χ2v) is 4.67. The molecular formula is C11H13ClO2S. The quantitative estimate of drug-likeness (QED) is 0.887. The number of hydrogen-bond acceptors (Lipinski definition) is 3. The molecule has 15 heavy (non-hydrogen) atoms. The summed E-state index contributed by atoms with van der Waals surface area (Å²) < 4.78 is 5.83. The van der Waals surface area contributed by atoms with E-state index >= 15 is 0 Å². The highest BCUT2D eigenvalue weighted by Crippen LogP contribution is 2.39. The van der Waals surface area contributed by atoms with Gasteiger partial charge in [0, 0.05) is 13.0 Å². The van der Waals surface area contributed by atoms with Gasteiger partial charge in [-0.2, -0.15) is 0 Å². The van der Waals surface area contributed by atoms with Gasteiger partial charge in [0.15, 0.2) is 0 Å². The molecule has 1 aromatic carbocycles. The van der Waals surface area contributed by atoms with E-state index in [0.29, 0.717) is 6.42 Å². The van der Waals surface area contributed by atoms with Gasteiger partial charge in [-0.15, -0.1) is 0 Å². The molecule has 1 N–H and O–H groups in total. The molecular weight excluding hydrogens is 232 g/mol. The van der Waals surface area contributed by atoms with Crippen LogP contribution < -0.4 is 4.74 Å². The number of halogens is 1. The fraction of sp³-hybridized carbons (Fsp3) is 0.455. The Morgan fingerprint density at radius 3 is 3.13 bits per heavy atom. The van der Waals surface area contributed by atoms with E-state index in [1.165, 1.54) is 16.5 Å². The van der Waals surface area contributed by atoms with Crippen molar-refractivity contribution >= 4 is 21.7 Å². The molecule has 0 saturated heterocycles. The number of hydrogen-bond donors (Lipinski definition) is 1. The van der Waals surface area contributed by atoms with Crippen LogP contribution in [0.2, 0.25) is 0 Å². The highest BCUT2D eigenvalue weighted by molar-refractivity contribution is 8.21. The summed E-state index contributed by atoms with van der Waals surface area (Å²) in [5.41, 5.74) is 1.22. The Balaban J connectivity index is 2.22. The van der Waals surface area contributed by atoms with Gasteiger partial charge >= 0.3 is 0 Å². The first-order valence-corrected chi connectivity index (χ1v) is 6.67. The van der Waals surface area contributed by atoms with Crippen LogP contribution in [0.25, 0.3) is 0 Å². The van der Waals surface area contributed by atoms with Gasteiger partial charge in [0.05, 0.1) is 4.90 Å². The van der Waals surface area contributed by atoms with Gasteiger partial charge in [-0.25, -0.2) is 0 Å². The lowest BCUT2D eigenvalue weighted by molar-refractivity contribution is 0.130. The Morgan fingerprint density at radius 1 is 1.53 bits per heavy atom. The minimum absolute atomic E-state index is 0.132. The van der Waals surface area contributed by atoms with Crippen LogP contribution in [-0.4, -0.2) is 17.8 Å². The Hall–Kier alpha value is -0.380. The number of aliphatic hydroxyl groups excluding tert-OH is 1. The summed E-state index contributed by atoms with van der Waals surface area (Å²) in [6.45, 7) is 0.177. The van der Waals surface area contributed by atoms with Crippen molar-refractivity contribution in [2.75, 3.05) is 6.61 Å². The molecule has 0 bridgehead atoms. The number of benzene rings is 1. The Kier molecular flexibility index (Phi) is 3.78. The summed E-state index contributed by atoms with van der Waals surface area (Å²) in [5.74, 6) is 0.905. The molecule has 1 aliphatic rings. The normalized spacial score (nSPS) is 19.5. The van der Waals surface area contributed by atoms with Crippen molar-refractivity contribution in [1.82, 2.24) is 0 Å². The van der Waals surface area contributed by atoms with Crippen LogP contribution >= 0.6 is 21.7 Å². The van der Waals surface area contributed by atoms with Crippen molar-refractivity contribution in [3.8, 4) is 5.75 Å². The highest BCUT2D eigenvalue weighted by atomic mass is 35.7. The summed E-state index contributed by atoms with van der Waals surface area (Å²) in [7, 11) is 6.96. The maximum absolute atomic E-state index is 8.88. The molecule has 0 aliphatic carbocycles. The van der Waals surface area contributed by atoms with Crippen molar-refractivity contribution in [2.24, 2.45) is 0 Å². The average Bonchev–Trinajstić information content (AvgIpc) is 2.28. The molecule has 82 valence electrons. The van der Waals surface area contributed by atoms with E-state index in [4.69, 9.17) is 20.5 Å². The molecule has 0 spiro atoms. The van der Waals surface area contributed by atoms with Crippen molar-refractivity contribution in [3.05, 3.63) is 23.8 Å². The first-order chi connectivity index (χ1) is 7.35. The van der Waals surface area contributed by atoms with Crippen molar-refractivity contribution in [1.29, 1.82) is 0 Å². The molecule has 1 aromatic rings. The molecule has 0 amide bonds. The molecule has 0 fully saturated rings. The minimum Gasteiger partial charge on any atom is -0.489 e. The maximum Gasteiger partial charge on any atom is 0.137 e. The number of para-hydroxylation sites is 1. The topological polar surface area (TPSA) is 29.5 Å². The van der Waals surface area contributed by atoms with Gasteiger partial charge in [0.2, 0.25) is 0 Å². The molecule has 1 atom stereocenters. The largest absolute Gasteiger partial charge is 0.489 e. The second kappa shape index (κ2) is 5.10. The van der Waals surface area contributed by atoms with E-state index in [2.05, 4.69) is 6.07 Å². The van der Waals surface area contributed by atoms with Gasteiger partial charge in [-0.05, 0) is 46.1 Å². The molecule has 2 rings (SSSR count). The summed E-state index contributed by atoms with van der Waals surface area (Å²) in [6, 6.07) is 6.03. The lowest BCUT2D eigenvalue weighted by Crippen LogP contribution is -2.24. The maximum atomic E-state index is 8.88. The summed E-state index contributed by atoms with van der Waals surface area (Å²) in [6.07, 6.45) is 2.81. The molecule has 4 heteroatoms. The zero-order valence-corrected chi connectivity index (χ0v) is 9.85. The number of aliphatic hydroxyl groups is 1. The third-order valence-corrected chi connectivity index (χ3v) is 3.60. The third kappa shape index (κ3) is 2.41. The first kappa shape index (κ1) is 11.1. The number of ether oxygens (including phenoxy) is 1. The highest BCUT2D eigenvalue weighted by Gasteiger charge is 2.21. The number of fused-ring (bicyclic) bond motifs is 1. The Bertz CT molecular complexity index is 329. The van der Waals surface area contributed by atoms with Gasteiger partial charge in [-0.3, -0.25) is 0 Å². The molecule has 1 unspecified atom stereocenters. The monoisotopic (exact) mass is 244 g/mol. The zero-order chi connectivity index (χ0) is 10.7. The molecule has 1 heterocycles. The summed E-state index contributed by atoms with van der Waals surface area (Å²) in [5, 5.41) is 8.88. The minimum atomic E-state index is 0.132. The second-order valence-electron chi connectivity index (χ2n) is 3.61. The first-order valence-electron chi connectivity index (χ1n) is 5.03. The van der Waals surface area contributed by atoms with Crippen LogP contribution in [0.4, 0.5) is 0 Å². The van der Waals surface area contributed by atoms with E-state index in [1.54, 1.807) is 0 Å². The van der Waals surface area contributed by atoms with Gasteiger partial charge in [0.1, 0.15) is 11.9 Å². The van der Waals surface area contributed by atoms with E-state index in [-0.39, 0.29) is 12.7 Å². The fourth-order valence-electron chi connectivity index (χ4n) is 1.84. The van der Waals surface area contributed by atoms with Gasteiger partial charge < -0.3 is 9.84 Å². The Morgan fingerprint density at radius 2 is 2.40 bits per heavy atom. The molecule has 0 aromatic heterocycles. The van der Waals surface area contributed by atoms with E-state index in [0.717, 1.165) is 23.5 Å². The predicted octanol–water partition coefficient (Wildman–Crippen LogP) is 3.01. The van der Waals surface area contributed by atoms with Crippen LogP contribution in [-0.2, 0) is 6.42 Å². The molecule has 0 saturated carbocycles. The van der Waals surface area contributed by atoms with Gasteiger partial charge in [-0.1, -0.05) is 12.1 Å². The average molecular weight is 245 g/mol. The van der Waals surface area contributed by atoms with Crippen LogP contribution in [0.3, 0.4) is 0 Å². The van der Waals surface area contributed by atoms with Crippen LogP contribution in [0, 0.1) is 0 Å². The van der Waals surface area contributed by atoms with Crippen LogP contribution in [0.5, 0.6) is 5.75 Å². The molecule has 2 nitrogen and oxygen atoms in total. The summed E-state index contributed by atoms with van der Waals surface area (Å²) >= 11 is 0. The van der Waals surface area contributed by atoms with Crippen LogP contribution in [0.15, 0.2) is 23.1 Å². The molecule has 1 aliphatic heterocycles. The van der Waals surface area contributed by atoms with E-state index in [9.17, 15) is 0 Å². The van der Waals surface area contributed by atoms with E-state index < -0.39 is 0 Å². The number of rotatable bonds is 3. The Labute approximate surface area is 98.1 Å². The number of aryl methyl sites for hydroxylation is 1.